The predicted molar refractivity (Wildman–Crippen MR) is 91.4 cm³/mol. The van der Waals surface area contributed by atoms with Crippen molar-refractivity contribution >= 4 is 11.8 Å². The molecule has 0 radical (unpaired) electrons. The summed E-state index contributed by atoms with van der Waals surface area (Å²) in [5, 5.41) is 13.2. The minimum atomic E-state index is -0.834. The van der Waals surface area contributed by atoms with E-state index in [1.54, 1.807) is 18.9 Å². The quantitative estimate of drug-likeness (QED) is 0.767. The molecular formula is C18H32N2O4. The first-order chi connectivity index (χ1) is 11.4. The van der Waals surface area contributed by atoms with E-state index in [0.29, 0.717) is 44.9 Å². The normalized spacial score (nSPS) is 22.9. The zero-order valence-corrected chi connectivity index (χ0v) is 15.1. The molecule has 0 aromatic heterocycles. The van der Waals surface area contributed by atoms with Crippen LogP contribution in [0, 0.1) is 5.92 Å². The Morgan fingerprint density at radius 1 is 1.25 bits per heavy atom. The van der Waals surface area contributed by atoms with Crippen LogP contribution in [0.3, 0.4) is 0 Å². The van der Waals surface area contributed by atoms with Gasteiger partial charge >= 0.3 is 0 Å². The topological polar surface area (TPSA) is 78.9 Å². The Bertz CT molecular complexity index is 427. The van der Waals surface area contributed by atoms with E-state index in [9.17, 15) is 14.7 Å². The fourth-order valence-electron chi connectivity index (χ4n) is 3.85. The second kappa shape index (κ2) is 8.81. The lowest BCUT2D eigenvalue weighted by Crippen LogP contribution is -2.53. The van der Waals surface area contributed by atoms with E-state index in [2.05, 4.69) is 5.32 Å². The van der Waals surface area contributed by atoms with Crippen LogP contribution in [0.4, 0.5) is 0 Å². The largest absolute Gasteiger partial charge is 0.387 e. The summed E-state index contributed by atoms with van der Waals surface area (Å²) in [5.74, 6) is 0.391. The Morgan fingerprint density at radius 3 is 2.46 bits per heavy atom. The Morgan fingerprint density at radius 2 is 1.88 bits per heavy atom. The number of likely N-dealkylation sites (tertiary alicyclic amines) is 1. The highest BCUT2D eigenvalue weighted by Gasteiger charge is 2.35. The number of nitrogens with zero attached hydrogens (tertiary/aromatic N) is 1. The molecule has 1 aliphatic heterocycles. The highest BCUT2D eigenvalue weighted by atomic mass is 16.5. The molecule has 6 nitrogen and oxygen atoms in total. The van der Waals surface area contributed by atoms with Gasteiger partial charge in [0.05, 0.1) is 12.2 Å². The molecule has 1 unspecified atom stereocenters. The van der Waals surface area contributed by atoms with Gasteiger partial charge in [-0.15, -0.1) is 0 Å². The van der Waals surface area contributed by atoms with Crippen LogP contribution in [-0.2, 0) is 14.3 Å². The number of aliphatic hydroxyl groups is 1. The van der Waals surface area contributed by atoms with Crippen molar-refractivity contribution in [2.75, 3.05) is 26.8 Å². The van der Waals surface area contributed by atoms with Gasteiger partial charge in [0.15, 0.2) is 0 Å². The van der Waals surface area contributed by atoms with Crippen molar-refractivity contribution in [3.63, 3.8) is 0 Å². The van der Waals surface area contributed by atoms with Crippen molar-refractivity contribution < 1.29 is 19.4 Å². The lowest BCUT2D eigenvalue weighted by atomic mass is 9.87. The summed E-state index contributed by atoms with van der Waals surface area (Å²) in [6.45, 7) is 3.04. The lowest BCUT2D eigenvalue weighted by molar-refractivity contribution is -0.141. The molecule has 2 fully saturated rings. The van der Waals surface area contributed by atoms with Gasteiger partial charge in [0.1, 0.15) is 6.04 Å². The van der Waals surface area contributed by atoms with E-state index in [1.165, 1.54) is 19.3 Å². The minimum Gasteiger partial charge on any atom is -0.387 e. The number of amides is 2. The van der Waals surface area contributed by atoms with Crippen LogP contribution in [0.25, 0.3) is 0 Å². The SMILES string of the molecule is COCC1(O)CCN(C(=O)C(C)NC(=O)CC2CCCCC2)CC1. The molecule has 0 spiro atoms. The molecule has 2 rings (SSSR count). The first-order valence-electron chi connectivity index (χ1n) is 9.23. The van der Waals surface area contributed by atoms with Gasteiger partial charge < -0.3 is 20.1 Å². The van der Waals surface area contributed by atoms with Crippen molar-refractivity contribution in [1.82, 2.24) is 10.2 Å². The molecule has 2 N–H and O–H groups in total. The minimum absolute atomic E-state index is 0.0179. The van der Waals surface area contributed by atoms with Gasteiger partial charge in [0.25, 0.3) is 0 Å². The highest BCUT2D eigenvalue weighted by molar-refractivity contribution is 5.87. The third-order valence-electron chi connectivity index (χ3n) is 5.37. The average Bonchev–Trinajstić information content (AvgIpc) is 2.55. The van der Waals surface area contributed by atoms with Gasteiger partial charge in [0.2, 0.25) is 11.8 Å². The van der Waals surface area contributed by atoms with Gasteiger partial charge in [-0.1, -0.05) is 19.3 Å². The van der Waals surface area contributed by atoms with E-state index in [4.69, 9.17) is 4.74 Å². The summed E-state index contributed by atoms with van der Waals surface area (Å²) in [4.78, 5) is 26.4. The van der Waals surface area contributed by atoms with E-state index in [1.807, 2.05) is 0 Å². The zero-order chi connectivity index (χ0) is 17.6. The van der Waals surface area contributed by atoms with Crippen LogP contribution < -0.4 is 5.32 Å². The maximum Gasteiger partial charge on any atom is 0.244 e. The average molecular weight is 340 g/mol. The summed E-state index contributed by atoms with van der Waals surface area (Å²) in [5.41, 5.74) is -0.834. The second-order valence-electron chi connectivity index (χ2n) is 7.48. The number of piperidine rings is 1. The molecule has 0 aromatic rings. The lowest BCUT2D eigenvalue weighted by Gasteiger charge is -2.38. The summed E-state index contributed by atoms with van der Waals surface area (Å²) < 4.78 is 5.04. The van der Waals surface area contributed by atoms with E-state index >= 15 is 0 Å². The number of carbonyl (C=O) groups excluding carboxylic acids is 2. The van der Waals surface area contributed by atoms with Crippen molar-refractivity contribution in [2.24, 2.45) is 5.92 Å². The summed E-state index contributed by atoms with van der Waals surface area (Å²) in [7, 11) is 1.57. The van der Waals surface area contributed by atoms with Gasteiger partial charge in [0, 0.05) is 26.6 Å². The summed E-state index contributed by atoms with van der Waals surface area (Å²) in [6, 6.07) is -0.505. The Kier molecular flexibility index (Phi) is 7.04. The van der Waals surface area contributed by atoms with Gasteiger partial charge in [-0.05, 0) is 38.5 Å². The van der Waals surface area contributed by atoms with Gasteiger partial charge in [-0.25, -0.2) is 0 Å². The maximum atomic E-state index is 12.5. The second-order valence-corrected chi connectivity index (χ2v) is 7.48. The number of hydrogen-bond donors (Lipinski definition) is 2. The Balaban J connectivity index is 1.74. The van der Waals surface area contributed by atoms with Crippen molar-refractivity contribution in [3.05, 3.63) is 0 Å². The fraction of sp³-hybridized carbons (Fsp3) is 0.889. The molecule has 0 aromatic carbocycles. The van der Waals surface area contributed by atoms with Crippen LogP contribution in [0.1, 0.15) is 58.3 Å². The van der Waals surface area contributed by atoms with E-state index in [-0.39, 0.29) is 11.8 Å². The molecule has 2 amide bonds. The first kappa shape index (κ1) is 19.2. The molecule has 2 aliphatic rings. The van der Waals surface area contributed by atoms with Crippen molar-refractivity contribution in [2.45, 2.75) is 69.9 Å². The predicted octanol–water partition coefficient (Wildman–Crippen LogP) is 1.46. The fourth-order valence-corrected chi connectivity index (χ4v) is 3.85. The highest BCUT2D eigenvalue weighted by Crippen LogP contribution is 2.26. The maximum absolute atomic E-state index is 12.5. The van der Waals surface area contributed by atoms with E-state index < -0.39 is 11.6 Å². The first-order valence-corrected chi connectivity index (χ1v) is 9.23. The van der Waals surface area contributed by atoms with Crippen LogP contribution in [-0.4, -0.2) is 60.3 Å². The standard InChI is InChI=1S/C18H32N2O4/c1-14(19-16(21)12-15-6-4-3-5-7-15)17(22)20-10-8-18(23,9-11-20)13-24-2/h14-15,23H,3-13H2,1-2H3,(H,19,21). The van der Waals surface area contributed by atoms with E-state index in [0.717, 1.165) is 12.8 Å². The van der Waals surface area contributed by atoms with Crippen molar-refractivity contribution in [1.29, 1.82) is 0 Å². The Labute approximate surface area is 144 Å². The molecule has 0 bridgehead atoms. The molecule has 1 aliphatic carbocycles. The zero-order valence-electron chi connectivity index (χ0n) is 15.1. The number of carbonyl (C=O) groups is 2. The number of nitrogens with one attached hydrogen (secondary N) is 1. The molecule has 138 valence electrons. The summed E-state index contributed by atoms with van der Waals surface area (Å²) >= 11 is 0. The van der Waals surface area contributed by atoms with Gasteiger partial charge in [-0.3, -0.25) is 9.59 Å². The molecule has 1 saturated carbocycles. The molecule has 1 atom stereocenters. The number of hydrogen-bond acceptors (Lipinski definition) is 4. The number of methoxy groups -OCH3 is 1. The van der Waals surface area contributed by atoms with Crippen molar-refractivity contribution in [3.8, 4) is 0 Å². The third-order valence-corrected chi connectivity index (χ3v) is 5.37. The molecule has 1 saturated heterocycles. The van der Waals surface area contributed by atoms with Crippen LogP contribution in [0.2, 0.25) is 0 Å². The molecular weight excluding hydrogens is 308 g/mol. The van der Waals surface area contributed by atoms with Crippen LogP contribution in [0.5, 0.6) is 0 Å². The van der Waals surface area contributed by atoms with Crippen LogP contribution in [0.15, 0.2) is 0 Å². The Hall–Kier alpha value is -1.14. The monoisotopic (exact) mass is 340 g/mol. The number of rotatable bonds is 6. The van der Waals surface area contributed by atoms with Gasteiger partial charge in [-0.2, -0.15) is 0 Å². The molecule has 1 heterocycles. The smallest absolute Gasteiger partial charge is 0.244 e. The third kappa shape index (κ3) is 5.45. The molecule has 24 heavy (non-hydrogen) atoms. The summed E-state index contributed by atoms with van der Waals surface area (Å²) in [6.07, 6.45) is 7.50. The molecule has 6 heteroatoms. The number of ether oxygens (including phenoxy) is 1. The van der Waals surface area contributed by atoms with Crippen LogP contribution >= 0.6 is 0 Å².